The Morgan fingerprint density at radius 2 is 2.15 bits per heavy atom. The van der Waals surface area contributed by atoms with Crippen molar-refractivity contribution in [1.82, 2.24) is 14.9 Å². The van der Waals surface area contributed by atoms with Gasteiger partial charge in [-0.25, -0.2) is 4.98 Å². The summed E-state index contributed by atoms with van der Waals surface area (Å²) in [6.45, 7) is 0.634. The molecule has 1 amide bonds. The van der Waals surface area contributed by atoms with E-state index in [4.69, 9.17) is 11.6 Å². The van der Waals surface area contributed by atoms with Gasteiger partial charge in [-0.05, 0) is 77.7 Å². The molecule has 0 aliphatic carbocycles. The predicted octanol–water partition coefficient (Wildman–Crippen LogP) is 4.03. The predicted molar refractivity (Wildman–Crippen MR) is 114 cm³/mol. The lowest BCUT2D eigenvalue weighted by Crippen LogP contribution is -2.40. The molecule has 2 heterocycles. The third-order valence-corrected chi connectivity index (χ3v) is 5.76. The van der Waals surface area contributed by atoms with Crippen LogP contribution in [0.25, 0.3) is 11.0 Å². The second kappa shape index (κ2) is 7.59. The summed E-state index contributed by atoms with van der Waals surface area (Å²) in [4.78, 5) is 34.4. The average molecular weight is 494 g/mol. The first kappa shape index (κ1) is 18.4. The second-order valence-electron chi connectivity index (χ2n) is 6.70. The first-order valence-electron chi connectivity index (χ1n) is 8.76. The zero-order valence-electron chi connectivity index (χ0n) is 14.4. The zero-order valence-corrected chi connectivity index (χ0v) is 17.3. The highest BCUT2D eigenvalue weighted by molar-refractivity contribution is 14.1. The molecule has 138 valence electrons. The number of halogens is 2. The van der Waals surface area contributed by atoms with Crippen molar-refractivity contribution in [2.45, 2.75) is 25.3 Å². The number of likely N-dealkylation sites (tertiary alicyclic amines) is 1. The Kier molecular flexibility index (Phi) is 5.19. The lowest BCUT2D eigenvalue weighted by molar-refractivity contribution is 0.0729. The number of benzene rings is 2. The van der Waals surface area contributed by atoms with Gasteiger partial charge in [-0.3, -0.25) is 9.59 Å². The van der Waals surface area contributed by atoms with E-state index in [2.05, 4.69) is 32.6 Å². The second-order valence-corrected chi connectivity index (χ2v) is 8.39. The number of nitrogens with zero attached hydrogens (tertiary/aromatic N) is 2. The van der Waals surface area contributed by atoms with Gasteiger partial charge in [-0.15, -0.1) is 0 Å². The molecular weight excluding hydrogens is 477 g/mol. The number of hydrogen-bond acceptors (Lipinski definition) is 3. The number of hydrogen-bond donors (Lipinski definition) is 1. The molecule has 1 atom stereocenters. The molecule has 7 heteroatoms. The molecule has 1 fully saturated rings. The maximum absolute atomic E-state index is 13.1. The number of nitrogens with one attached hydrogen (secondary N) is 1. The largest absolute Gasteiger partial charge is 0.334 e. The maximum atomic E-state index is 13.1. The number of fused-ring (bicyclic) bond motifs is 1. The monoisotopic (exact) mass is 493 g/mol. The molecular formula is C20H17ClIN3O2. The molecule has 1 saturated heterocycles. The third kappa shape index (κ3) is 3.87. The van der Waals surface area contributed by atoms with Crippen LogP contribution in [0.5, 0.6) is 0 Å². The molecule has 1 aromatic heterocycles. The Hall–Kier alpha value is -1.93. The van der Waals surface area contributed by atoms with Crippen LogP contribution in [-0.4, -0.2) is 33.4 Å². The van der Waals surface area contributed by atoms with Crippen LogP contribution in [0.3, 0.4) is 0 Å². The number of carbonyl (C=O) groups is 1. The normalized spacial score (nSPS) is 16.8. The zero-order chi connectivity index (χ0) is 19.0. The molecule has 27 heavy (non-hydrogen) atoms. The Bertz CT molecular complexity index is 1080. The van der Waals surface area contributed by atoms with Crippen molar-refractivity contribution in [3.8, 4) is 0 Å². The molecule has 1 unspecified atom stereocenters. The van der Waals surface area contributed by atoms with Crippen molar-refractivity contribution < 1.29 is 4.79 Å². The molecule has 5 nitrogen and oxygen atoms in total. The van der Waals surface area contributed by atoms with Gasteiger partial charge in [0.2, 0.25) is 0 Å². The van der Waals surface area contributed by atoms with Crippen LogP contribution in [0, 0.1) is 3.57 Å². The molecule has 0 spiro atoms. The summed E-state index contributed by atoms with van der Waals surface area (Å²) in [5.41, 5.74) is 1.86. The van der Waals surface area contributed by atoms with Crippen LogP contribution in [0.4, 0.5) is 0 Å². The van der Waals surface area contributed by atoms with E-state index in [1.807, 2.05) is 36.4 Å². The smallest absolute Gasteiger partial charge is 0.280 e. The van der Waals surface area contributed by atoms with E-state index in [9.17, 15) is 9.59 Å². The molecule has 3 aromatic rings. The molecule has 0 saturated carbocycles. The maximum Gasteiger partial charge on any atom is 0.280 e. The van der Waals surface area contributed by atoms with Crippen LogP contribution in [0.1, 0.15) is 28.9 Å². The summed E-state index contributed by atoms with van der Waals surface area (Å²) in [7, 11) is 0. The van der Waals surface area contributed by atoms with E-state index < -0.39 is 5.56 Å². The third-order valence-electron chi connectivity index (χ3n) is 4.86. The number of aromatic nitrogens is 2. The molecule has 0 bridgehead atoms. The summed E-state index contributed by atoms with van der Waals surface area (Å²) in [5, 5.41) is 0.686. The minimum atomic E-state index is -0.442. The van der Waals surface area contributed by atoms with Crippen molar-refractivity contribution in [3.63, 3.8) is 0 Å². The average Bonchev–Trinajstić information content (AvgIpc) is 3.09. The Balaban J connectivity index is 1.64. The first-order valence-corrected chi connectivity index (χ1v) is 10.2. The topological polar surface area (TPSA) is 66.1 Å². The Morgan fingerprint density at radius 3 is 2.96 bits per heavy atom. The number of amides is 1. The van der Waals surface area contributed by atoms with Gasteiger partial charge in [0.15, 0.2) is 5.69 Å². The molecule has 2 aromatic carbocycles. The summed E-state index contributed by atoms with van der Waals surface area (Å²) >= 11 is 8.26. The minimum Gasteiger partial charge on any atom is -0.334 e. The fourth-order valence-corrected chi connectivity index (χ4v) is 4.28. The Labute approximate surface area is 174 Å². The molecule has 0 radical (unpaired) electrons. The van der Waals surface area contributed by atoms with Gasteiger partial charge in [0.1, 0.15) is 0 Å². The summed E-state index contributed by atoms with van der Waals surface area (Å²) in [6, 6.07) is 13.3. The highest BCUT2D eigenvalue weighted by Crippen LogP contribution is 2.24. The van der Waals surface area contributed by atoms with E-state index in [1.165, 1.54) is 0 Å². The van der Waals surface area contributed by atoms with E-state index in [1.54, 1.807) is 11.0 Å². The fourth-order valence-electron chi connectivity index (χ4n) is 3.59. The van der Waals surface area contributed by atoms with Gasteiger partial charge in [0.05, 0.1) is 11.0 Å². The number of H-pyrrole nitrogens is 1. The number of rotatable bonds is 3. The van der Waals surface area contributed by atoms with Gasteiger partial charge in [0, 0.05) is 21.2 Å². The van der Waals surface area contributed by atoms with Crippen LogP contribution in [0.2, 0.25) is 5.02 Å². The molecule has 1 aliphatic rings. The van der Waals surface area contributed by atoms with E-state index in [0.717, 1.165) is 28.4 Å². The van der Waals surface area contributed by atoms with Crippen molar-refractivity contribution in [3.05, 3.63) is 72.7 Å². The molecule has 4 rings (SSSR count). The SMILES string of the molecule is O=C(c1nc2cc(I)ccc2[nH]c1=O)N1CCCC1Cc1cccc(Cl)c1. The van der Waals surface area contributed by atoms with Gasteiger partial charge >= 0.3 is 0 Å². The lowest BCUT2D eigenvalue weighted by Gasteiger charge is -2.24. The van der Waals surface area contributed by atoms with Crippen molar-refractivity contribution in [1.29, 1.82) is 0 Å². The fraction of sp³-hybridized carbons (Fsp3) is 0.250. The van der Waals surface area contributed by atoms with E-state index >= 15 is 0 Å². The van der Waals surface area contributed by atoms with Crippen LogP contribution < -0.4 is 5.56 Å². The van der Waals surface area contributed by atoms with Crippen LogP contribution in [0.15, 0.2) is 47.3 Å². The highest BCUT2D eigenvalue weighted by Gasteiger charge is 2.31. The van der Waals surface area contributed by atoms with Crippen molar-refractivity contribution >= 4 is 51.1 Å². The standard InChI is InChI=1S/C20H17ClIN3O2/c21-13-4-1-3-12(9-13)10-15-5-2-8-25(15)20(27)18-19(26)24-16-7-6-14(22)11-17(16)23-18/h1,3-4,6-7,9,11,15H,2,5,8,10H2,(H,24,26). The van der Waals surface area contributed by atoms with Crippen molar-refractivity contribution in [2.75, 3.05) is 6.54 Å². The molecule has 1 N–H and O–H groups in total. The Morgan fingerprint density at radius 1 is 1.30 bits per heavy atom. The van der Waals surface area contributed by atoms with E-state index in [0.29, 0.717) is 22.6 Å². The van der Waals surface area contributed by atoms with Gasteiger partial charge < -0.3 is 9.88 Å². The van der Waals surface area contributed by atoms with Crippen molar-refractivity contribution in [2.24, 2.45) is 0 Å². The van der Waals surface area contributed by atoms with Gasteiger partial charge in [0.25, 0.3) is 11.5 Å². The number of carbonyl (C=O) groups excluding carboxylic acids is 1. The van der Waals surface area contributed by atoms with E-state index in [-0.39, 0.29) is 17.6 Å². The summed E-state index contributed by atoms with van der Waals surface area (Å²) in [6.07, 6.45) is 2.54. The minimum absolute atomic E-state index is 0.0394. The quantitative estimate of drug-likeness (QED) is 0.560. The number of aromatic amines is 1. The lowest BCUT2D eigenvalue weighted by atomic mass is 10.0. The first-order chi connectivity index (χ1) is 13.0. The summed E-state index contributed by atoms with van der Waals surface area (Å²) < 4.78 is 0.998. The van der Waals surface area contributed by atoms with Gasteiger partial charge in [-0.2, -0.15) is 0 Å². The van der Waals surface area contributed by atoms with Crippen LogP contribution in [-0.2, 0) is 6.42 Å². The highest BCUT2D eigenvalue weighted by atomic mass is 127. The van der Waals surface area contributed by atoms with Gasteiger partial charge in [-0.1, -0.05) is 23.7 Å². The van der Waals surface area contributed by atoms with Crippen LogP contribution >= 0.6 is 34.2 Å². The molecule has 1 aliphatic heterocycles. The summed E-state index contributed by atoms with van der Waals surface area (Å²) in [5.74, 6) is -0.304.